The lowest BCUT2D eigenvalue weighted by molar-refractivity contribution is 0.194. The average Bonchev–Trinajstić information content (AvgIpc) is 2.76. The van der Waals surface area contributed by atoms with E-state index in [-0.39, 0.29) is 11.0 Å². The first kappa shape index (κ1) is 26.2. The van der Waals surface area contributed by atoms with E-state index in [4.69, 9.17) is 4.74 Å². The molecule has 0 radical (unpaired) electrons. The Morgan fingerprint density at radius 2 is 1.71 bits per heavy atom. The van der Waals surface area contributed by atoms with Gasteiger partial charge in [-0.25, -0.2) is 8.42 Å². The lowest BCUT2D eigenvalue weighted by Crippen LogP contribution is -2.16. The maximum absolute atomic E-state index is 12.8. The molecule has 3 aromatic rings. The number of hydrogen-bond donors (Lipinski definition) is 3. The van der Waals surface area contributed by atoms with Crippen LogP contribution in [0.4, 0.5) is 5.69 Å². The molecule has 0 saturated carbocycles. The zero-order valence-corrected chi connectivity index (χ0v) is 21.7. The number of aromatic nitrogens is 1. The summed E-state index contributed by atoms with van der Waals surface area (Å²) in [5.41, 5.74) is 4.25. The molecule has 1 atom stereocenters. The Kier molecular flexibility index (Phi) is 7.57. The van der Waals surface area contributed by atoms with Gasteiger partial charge >= 0.3 is 0 Å². The maximum atomic E-state index is 12.8. The monoisotopic (exact) mass is 496 g/mol. The second-order valence-corrected chi connectivity index (χ2v) is 11.3. The summed E-state index contributed by atoms with van der Waals surface area (Å²) in [6.45, 7) is 7.84. The van der Waals surface area contributed by atoms with Gasteiger partial charge in [0.15, 0.2) is 0 Å². The SMILES string of the molecule is COc1c(C=Cc2ccc(NS(C)(=O)=O)cc2)cc(-c2ccc(C(C)O)[nH]c2=O)cc1C(C)(C)C. The minimum Gasteiger partial charge on any atom is -0.496 e. The van der Waals surface area contributed by atoms with Crippen LogP contribution in [0, 0.1) is 0 Å². The van der Waals surface area contributed by atoms with Gasteiger partial charge in [0.1, 0.15) is 5.75 Å². The van der Waals surface area contributed by atoms with Crippen LogP contribution in [0.15, 0.2) is 53.3 Å². The maximum Gasteiger partial charge on any atom is 0.256 e. The van der Waals surface area contributed by atoms with Crippen molar-refractivity contribution in [3.63, 3.8) is 0 Å². The van der Waals surface area contributed by atoms with Gasteiger partial charge in [-0.3, -0.25) is 9.52 Å². The minimum absolute atomic E-state index is 0.255. The molecular formula is C27H32N2O5S. The molecule has 0 aliphatic carbocycles. The van der Waals surface area contributed by atoms with Crippen LogP contribution < -0.4 is 15.0 Å². The van der Waals surface area contributed by atoms with Crippen molar-refractivity contribution in [2.75, 3.05) is 18.1 Å². The van der Waals surface area contributed by atoms with Crippen LogP contribution in [-0.2, 0) is 15.4 Å². The molecule has 8 heteroatoms. The molecule has 3 N–H and O–H groups in total. The second-order valence-electron chi connectivity index (χ2n) is 9.56. The van der Waals surface area contributed by atoms with E-state index < -0.39 is 16.1 Å². The fourth-order valence-electron chi connectivity index (χ4n) is 3.74. The summed E-state index contributed by atoms with van der Waals surface area (Å²) in [7, 11) is -1.72. The molecule has 186 valence electrons. The van der Waals surface area contributed by atoms with Gasteiger partial charge in [0.25, 0.3) is 5.56 Å². The number of methoxy groups -OCH3 is 1. The number of rotatable bonds is 7. The van der Waals surface area contributed by atoms with Crippen LogP contribution in [0.1, 0.15) is 56.2 Å². The molecule has 1 unspecified atom stereocenters. The van der Waals surface area contributed by atoms with Crippen LogP contribution in [0.25, 0.3) is 23.3 Å². The Labute approximate surface area is 206 Å². The van der Waals surface area contributed by atoms with Gasteiger partial charge in [0.2, 0.25) is 10.0 Å². The van der Waals surface area contributed by atoms with Crippen molar-refractivity contribution in [2.45, 2.75) is 39.2 Å². The number of aliphatic hydroxyl groups excluding tert-OH is 1. The molecule has 7 nitrogen and oxygen atoms in total. The first-order chi connectivity index (χ1) is 16.3. The molecule has 0 aliphatic rings. The van der Waals surface area contributed by atoms with Crippen LogP contribution in [-0.4, -0.2) is 31.9 Å². The van der Waals surface area contributed by atoms with Crippen molar-refractivity contribution in [2.24, 2.45) is 0 Å². The van der Waals surface area contributed by atoms with Crippen molar-refractivity contribution in [1.29, 1.82) is 0 Å². The Balaban J connectivity index is 2.09. The molecular weight excluding hydrogens is 464 g/mol. The van der Waals surface area contributed by atoms with Crippen LogP contribution in [0.5, 0.6) is 5.75 Å². The second kappa shape index (κ2) is 10.1. The molecule has 0 saturated heterocycles. The van der Waals surface area contributed by atoms with Crippen LogP contribution >= 0.6 is 0 Å². The number of benzene rings is 2. The van der Waals surface area contributed by atoms with Gasteiger partial charge in [-0.15, -0.1) is 0 Å². The summed E-state index contributed by atoms with van der Waals surface area (Å²) in [6, 6.07) is 14.3. The van der Waals surface area contributed by atoms with Crippen molar-refractivity contribution in [3.8, 4) is 16.9 Å². The summed E-state index contributed by atoms with van der Waals surface area (Å²) in [4.78, 5) is 15.6. The molecule has 2 aromatic carbocycles. The smallest absolute Gasteiger partial charge is 0.256 e. The number of H-pyrrole nitrogens is 1. The van der Waals surface area contributed by atoms with Gasteiger partial charge in [0.05, 0.1) is 19.5 Å². The standard InChI is InChI=1S/C27H32N2O5S/c1-17(30)24-14-13-22(26(31)28-24)20-15-19(25(34-5)23(16-20)27(2,3)4)10-7-18-8-11-21(12-9-18)29-35(6,32)33/h7-17,29-30H,1-6H3,(H,28,31). The molecule has 0 fully saturated rings. The Bertz CT molecular complexity index is 1400. The molecule has 1 heterocycles. The highest BCUT2D eigenvalue weighted by atomic mass is 32.2. The molecule has 0 bridgehead atoms. The Hall–Kier alpha value is -3.36. The van der Waals surface area contributed by atoms with E-state index in [9.17, 15) is 18.3 Å². The van der Waals surface area contributed by atoms with E-state index in [1.165, 1.54) is 0 Å². The highest BCUT2D eigenvalue weighted by Crippen LogP contribution is 2.38. The van der Waals surface area contributed by atoms with Crippen LogP contribution in [0.3, 0.4) is 0 Å². The van der Waals surface area contributed by atoms with Crippen molar-refractivity contribution >= 4 is 27.9 Å². The molecule has 0 amide bonds. The largest absolute Gasteiger partial charge is 0.496 e. The fraction of sp³-hybridized carbons (Fsp3) is 0.296. The van der Waals surface area contributed by atoms with E-state index in [1.807, 2.05) is 36.4 Å². The number of aromatic amines is 1. The first-order valence-electron chi connectivity index (χ1n) is 11.2. The Morgan fingerprint density at radius 3 is 2.23 bits per heavy atom. The number of anilines is 1. The normalized spacial score (nSPS) is 13.1. The number of hydrogen-bond acceptors (Lipinski definition) is 5. The van der Waals surface area contributed by atoms with Crippen molar-refractivity contribution < 1.29 is 18.3 Å². The fourth-order valence-corrected chi connectivity index (χ4v) is 4.30. The first-order valence-corrected chi connectivity index (χ1v) is 13.1. The summed E-state index contributed by atoms with van der Waals surface area (Å²) in [6.07, 6.45) is 4.15. The van der Waals surface area contributed by atoms with E-state index in [0.717, 1.165) is 28.5 Å². The zero-order chi connectivity index (χ0) is 26.0. The van der Waals surface area contributed by atoms with Crippen molar-refractivity contribution in [1.82, 2.24) is 4.98 Å². The quantitative estimate of drug-likeness (QED) is 0.401. The van der Waals surface area contributed by atoms with Gasteiger partial charge in [0, 0.05) is 28.1 Å². The van der Waals surface area contributed by atoms with Gasteiger partial charge in [-0.1, -0.05) is 45.1 Å². The molecule has 0 spiro atoms. The number of nitrogens with one attached hydrogen (secondary N) is 2. The minimum atomic E-state index is -3.34. The summed E-state index contributed by atoms with van der Waals surface area (Å²) < 4.78 is 31.1. The topological polar surface area (TPSA) is 108 Å². The number of pyridine rings is 1. The summed E-state index contributed by atoms with van der Waals surface area (Å²) in [5, 5.41) is 9.79. The van der Waals surface area contributed by atoms with E-state index in [1.54, 1.807) is 38.3 Å². The Morgan fingerprint density at radius 1 is 1.06 bits per heavy atom. The third-order valence-electron chi connectivity index (χ3n) is 5.49. The highest BCUT2D eigenvalue weighted by molar-refractivity contribution is 7.92. The van der Waals surface area contributed by atoms with E-state index in [2.05, 4.69) is 30.5 Å². The molecule has 3 rings (SSSR count). The van der Waals surface area contributed by atoms with Crippen molar-refractivity contribution in [3.05, 3.63) is 81.3 Å². The molecule has 0 aliphatic heterocycles. The number of ether oxygens (including phenoxy) is 1. The average molecular weight is 497 g/mol. The lowest BCUT2D eigenvalue weighted by atomic mass is 9.83. The third-order valence-corrected chi connectivity index (χ3v) is 6.10. The highest BCUT2D eigenvalue weighted by Gasteiger charge is 2.23. The van der Waals surface area contributed by atoms with Gasteiger partial charge < -0.3 is 14.8 Å². The van der Waals surface area contributed by atoms with Crippen LogP contribution in [0.2, 0.25) is 0 Å². The van der Waals surface area contributed by atoms with E-state index in [0.29, 0.717) is 22.7 Å². The number of sulfonamides is 1. The molecule has 1 aromatic heterocycles. The molecule has 35 heavy (non-hydrogen) atoms. The third kappa shape index (κ3) is 6.61. The summed E-state index contributed by atoms with van der Waals surface area (Å²) >= 11 is 0. The van der Waals surface area contributed by atoms with Gasteiger partial charge in [-0.2, -0.15) is 0 Å². The number of aliphatic hydroxyl groups is 1. The van der Waals surface area contributed by atoms with Gasteiger partial charge in [-0.05, 0) is 59.9 Å². The predicted octanol–water partition coefficient (Wildman–Crippen LogP) is 4.94. The van der Waals surface area contributed by atoms with E-state index >= 15 is 0 Å². The summed E-state index contributed by atoms with van der Waals surface area (Å²) in [5.74, 6) is 0.713. The zero-order valence-electron chi connectivity index (χ0n) is 20.8. The predicted molar refractivity (Wildman–Crippen MR) is 142 cm³/mol. The lowest BCUT2D eigenvalue weighted by Gasteiger charge is -2.24.